The first kappa shape index (κ1) is 14.9. The molecule has 0 heterocycles. The highest BCUT2D eigenvalue weighted by Crippen LogP contribution is 2.28. The molecular formula is C16H24BrNO. The summed E-state index contributed by atoms with van der Waals surface area (Å²) in [6.45, 7) is 4.40. The van der Waals surface area contributed by atoms with Crippen molar-refractivity contribution >= 4 is 15.9 Å². The Balaban J connectivity index is 2.08. The predicted octanol–water partition coefficient (Wildman–Crippen LogP) is 4.61. The minimum absolute atomic E-state index is 0.761. The SMILES string of the molecule is CCN(Cc1cc(OC)ccc1Br)C1CCCCC1. The van der Waals surface area contributed by atoms with Gasteiger partial charge in [0.25, 0.3) is 0 Å². The second kappa shape index (κ2) is 7.30. The maximum atomic E-state index is 5.33. The van der Waals surface area contributed by atoms with Crippen molar-refractivity contribution < 1.29 is 4.74 Å². The Bertz CT molecular complexity index is 402. The summed E-state index contributed by atoms with van der Waals surface area (Å²) >= 11 is 3.66. The lowest BCUT2D eigenvalue weighted by Gasteiger charge is -2.33. The van der Waals surface area contributed by atoms with Crippen molar-refractivity contribution in [3.63, 3.8) is 0 Å². The molecule has 1 aromatic rings. The second-order valence-electron chi connectivity index (χ2n) is 5.31. The number of rotatable bonds is 5. The van der Waals surface area contributed by atoms with Gasteiger partial charge >= 0.3 is 0 Å². The number of hydrogen-bond acceptors (Lipinski definition) is 2. The first-order chi connectivity index (χ1) is 9.24. The Morgan fingerprint density at radius 2 is 2.00 bits per heavy atom. The van der Waals surface area contributed by atoms with Crippen LogP contribution in [0.15, 0.2) is 22.7 Å². The van der Waals surface area contributed by atoms with E-state index in [9.17, 15) is 0 Å². The van der Waals surface area contributed by atoms with E-state index in [1.165, 1.54) is 42.1 Å². The molecule has 0 spiro atoms. The van der Waals surface area contributed by atoms with Crippen LogP contribution in [-0.2, 0) is 6.54 Å². The molecule has 1 saturated carbocycles. The fourth-order valence-electron chi connectivity index (χ4n) is 2.96. The highest BCUT2D eigenvalue weighted by Gasteiger charge is 2.20. The molecule has 0 bridgehead atoms. The zero-order valence-corrected chi connectivity index (χ0v) is 13.6. The second-order valence-corrected chi connectivity index (χ2v) is 6.17. The topological polar surface area (TPSA) is 12.5 Å². The molecule has 1 aliphatic carbocycles. The van der Waals surface area contributed by atoms with Crippen LogP contribution < -0.4 is 4.74 Å². The monoisotopic (exact) mass is 325 g/mol. The number of methoxy groups -OCH3 is 1. The van der Waals surface area contributed by atoms with E-state index >= 15 is 0 Å². The van der Waals surface area contributed by atoms with Gasteiger partial charge in [0.15, 0.2) is 0 Å². The molecule has 2 nitrogen and oxygen atoms in total. The lowest BCUT2D eigenvalue weighted by molar-refractivity contribution is 0.155. The molecule has 1 aliphatic rings. The molecule has 0 aliphatic heterocycles. The lowest BCUT2D eigenvalue weighted by atomic mass is 9.94. The standard InChI is InChI=1S/C16H24BrNO/c1-3-18(14-7-5-4-6-8-14)12-13-11-15(19-2)9-10-16(13)17/h9-11,14H,3-8,12H2,1-2H3. The molecule has 2 rings (SSSR count). The summed E-state index contributed by atoms with van der Waals surface area (Å²) < 4.78 is 6.51. The van der Waals surface area contributed by atoms with Gasteiger partial charge in [-0.25, -0.2) is 0 Å². The van der Waals surface area contributed by atoms with Crippen LogP contribution in [0.4, 0.5) is 0 Å². The summed E-state index contributed by atoms with van der Waals surface area (Å²) in [5.41, 5.74) is 1.33. The van der Waals surface area contributed by atoms with Crippen LogP contribution in [0.5, 0.6) is 5.75 Å². The van der Waals surface area contributed by atoms with Gasteiger partial charge in [-0.05, 0) is 43.1 Å². The Morgan fingerprint density at radius 3 is 2.63 bits per heavy atom. The van der Waals surface area contributed by atoms with E-state index in [4.69, 9.17) is 4.74 Å². The third kappa shape index (κ3) is 3.96. The normalized spacial score (nSPS) is 16.8. The number of nitrogens with zero attached hydrogens (tertiary/aromatic N) is 1. The average molecular weight is 326 g/mol. The quantitative estimate of drug-likeness (QED) is 0.783. The van der Waals surface area contributed by atoms with Crippen LogP contribution in [-0.4, -0.2) is 24.6 Å². The molecule has 106 valence electrons. The van der Waals surface area contributed by atoms with E-state index in [-0.39, 0.29) is 0 Å². The molecule has 0 N–H and O–H groups in total. The first-order valence-corrected chi connectivity index (χ1v) is 8.10. The summed E-state index contributed by atoms with van der Waals surface area (Å²) in [5.74, 6) is 0.942. The minimum Gasteiger partial charge on any atom is -0.497 e. The van der Waals surface area contributed by atoms with Gasteiger partial charge in [0.05, 0.1) is 7.11 Å². The maximum Gasteiger partial charge on any atom is 0.119 e. The van der Waals surface area contributed by atoms with Gasteiger partial charge in [-0.3, -0.25) is 4.90 Å². The van der Waals surface area contributed by atoms with Crippen molar-refractivity contribution in [1.82, 2.24) is 4.90 Å². The highest BCUT2D eigenvalue weighted by atomic mass is 79.9. The molecular weight excluding hydrogens is 302 g/mol. The molecule has 0 unspecified atom stereocenters. The summed E-state index contributed by atoms with van der Waals surface area (Å²) in [6.07, 6.45) is 6.91. The summed E-state index contributed by atoms with van der Waals surface area (Å²) in [6, 6.07) is 7.00. The van der Waals surface area contributed by atoms with Gasteiger partial charge in [0.1, 0.15) is 5.75 Å². The van der Waals surface area contributed by atoms with E-state index in [0.29, 0.717) is 0 Å². The van der Waals surface area contributed by atoms with Crippen molar-refractivity contribution in [2.24, 2.45) is 0 Å². The lowest BCUT2D eigenvalue weighted by Crippen LogP contribution is -2.36. The van der Waals surface area contributed by atoms with Gasteiger partial charge in [0.2, 0.25) is 0 Å². The van der Waals surface area contributed by atoms with Crippen LogP contribution in [0.2, 0.25) is 0 Å². The Labute approximate surface area is 125 Å². The number of hydrogen-bond donors (Lipinski definition) is 0. The van der Waals surface area contributed by atoms with E-state index in [1.807, 2.05) is 6.07 Å². The number of halogens is 1. The fourth-order valence-corrected chi connectivity index (χ4v) is 3.34. The van der Waals surface area contributed by atoms with Crippen molar-refractivity contribution in [3.05, 3.63) is 28.2 Å². The summed E-state index contributed by atoms with van der Waals surface area (Å²) in [5, 5.41) is 0. The van der Waals surface area contributed by atoms with Gasteiger partial charge in [-0.2, -0.15) is 0 Å². The molecule has 19 heavy (non-hydrogen) atoms. The molecule has 3 heteroatoms. The third-order valence-electron chi connectivity index (χ3n) is 4.12. The maximum absolute atomic E-state index is 5.33. The smallest absolute Gasteiger partial charge is 0.119 e. The summed E-state index contributed by atoms with van der Waals surface area (Å²) in [4.78, 5) is 2.61. The summed E-state index contributed by atoms with van der Waals surface area (Å²) in [7, 11) is 1.73. The molecule has 0 atom stereocenters. The van der Waals surface area contributed by atoms with E-state index < -0.39 is 0 Å². The van der Waals surface area contributed by atoms with Crippen LogP contribution in [0.1, 0.15) is 44.6 Å². The van der Waals surface area contributed by atoms with Gasteiger partial charge in [-0.1, -0.05) is 42.1 Å². The number of benzene rings is 1. The Morgan fingerprint density at radius 1 is 1.26 bits per heavy atom. The molecule has 0 aromatic heterocycles. The first-order valence-electron chi connectivity index (χ1n) is 7.31. The molecule has 1 fully saturated rings. The molecule has 0 saturated heterocycles. The fraction of sp³-hybridized carbons (Fsp3) is 0.625. The zero-order chi connectivity index (χ0) is 13.7. The van der Waals surface area contributed by atoms with E-state index in [1.54, 1.807) is 7.11 Å². The molecule has 1 aromatic carbocycles. The van der Waals surface area contributed by atoms with Gasteiger partial charge < -0.3 is 4.74 Å². The average Bonchev–Trinajstić information content (AvgIpc) is 2.47. The van der Waals surface area contributed by atoms with Crippen LogP contribution in [0.25, 0.3) is 0 Å². The number of ether oxygens (including phenoxy) is 1. The van der Waals surface area contributed by atoms with E-state index in [2.05, 4.69) is 39.9 Å². The van der Waals surface area contributed by atoms with Crippen LogP contribution >= 0.6 is 15.9 Å². The Hall–Kier alpha value is -0.540. The van der Waals surface area contributed by atoms with Crippen LogP contribution in [0.3, 0.4) is 0 Å². The largest absolute Gasteiger partial charge is 0.497 e. The van der Waals surface area contributed by atoms with Crippen LogP contribution in [0, 0.1) is 0 Å². The van der Waals surface area contributed by atoms with Crippen molar-refractivity contribution in [1.29, 1.82) is 0 Å². The Kier molecular flexibility index (Phi) is 5.71. The zero-order valence-electron chi connectivity index (χ0n) is 12.0. The van der Waals surface area contributed by atoms with Crippen molar-refractivity contribution in [3.8, 4) is 5.75 Å². The van der Waals surface area contributed by atoms with E-state index in [0.717, 1.165) is 24.9 Å². The minimum atomic E-state index is 0.761. The predicted molar refractivity (Wildman–Crippen MR) is 83.7 cm³/mol. The molecule has 0 amide bonds. The highest BCUT2D eigenvalue weighted by molar-refractivity contribution is 9.10. The van der Waals surface area contributed by atoms with Crippen molar-refractivity contribution in [2.75, 3.05) is 13.7 Å². The van der Waals surface area contributed by atoms with Gasteiger partial charge in [-0.15, -0.1) is 0 Å². The van der Waals surface area contributed by atoms with Crippen molar-refractivity contribution in [2.45, 2.75) is 51.6 Å². The third-order valence-corrected chi connectivity index (χ3v) is 4.90. The molecule has 0 radical (unpaired) electrons. The van der Waals surface area contributed by atoms with Gasteiger partial charge in [0, 0.05) is 17.1 Å².